The van der Waals surface area contributed by atoms with Crippen molar-refractivity contribution in [3.63, 3.8) is 0 Å². The fourth-order valence-electron chi connectivity index (χ4n) is 7.61. The van der Waals surface area contributed by atoms with Crippen LogP contribution in [0.5, 0.6) is 0 Å². The lowest BCUT2D eigenvalue weighted by Crippen LogP contribution is -2.66. The van der Waals surface area contributed by atoms with Gasteiger partial charge in [0.25, 0.3) is 8.32 Å². The molecule has 2 aliphatic rings. The highest BCUT2D eigenvalue weighted by molar-refractivity contribution is 6.99. The second-order valence-electron chi connectivity index (χ2n) is 16.2. The van der Waals surface area contributed by atoms with Crippen molar-refractivity contribution in [1.29, 1.82) is 0 Å². The Morgan fingerprint density at radius 2 is 1.47 bits per heavy atom. The zero-order chi connectivity index (χ0) is 33.4. The summed E-state index contributed by atoms with van der Waals surface area (Å²) < 4.78 is 20.4. The van der Waals surface area contributed by atoms with Gasteiger partial charge in [0, 0.05) is 30.1 Å². The molecule has 0 spiro atoms. The van der Waals surface area contributed by atoms with Gasteiger partial charge in [-0.2, -0.15) is 0 Å². The van der Waals surface area contributed by atoms with Gasteiger partial charge in [0.05, 0.1) is 0 Å². The van der Waals surface area contributed by atoms with Gasteiger partial charge in [-0.15, -0.1) is 0 Å². The number of rotatable bonds is 11. The number of allylic oxidation sites excluding steroid dienone is 1. The summed E-state index contributed by atoms with van der Waals surface area (Å²) in [6.45, 7) is 32.1. The molecule has 0 N–H and O–H groups in total. The Kier molecular flexibility index (Phi) is 10.6. The van der Waals surface area contributed by atoms with Crippen LogP contribution in [-0.2, 0) is 18.4 Å². The first-order chi connectivity index (χ1) is 20.9. The Hall–Kier alpha value is -2.26. The second kappa shape index (κ2) is 13.5. The van der Waals surface area contributed by atoms with Gasteiger partial charge in [-0.3, -0.25) is 0 Å². The average Bonchev–Trinajstić information content (AvgIpc) is 3.42. The molecule has 2 aromatic carbocycles. The Balaban J connectivity index is 1.56. The first-order valence-electron chi connectivity index (χ1n) is 16.9. The summed E-state index contributed by atoms with van der Waals surface area (Å²) >= 11 is 0. The standard InChI is InChI=1S/C39H58O4Si2/c1-27(2)33-26-34(43-44(11,12)38(5,6)7)29(4)35(33)36-32(28(3)37(40)42-36)24-19-25-41-45(39(8,9)10,30-20-15-13-16-21-30)31-22-17-14-18-23-31/h13-18,20-23,29,32-36H,1,3,19,24-26H2,2,4-12H3/t29-,32+,33+,34-,35+,36+/m1/s1. The minimum Gasteiger partial charge on any atom is -0.458 e. The van der Waals surface area contributed by atoms with Gasteiger partial charge in [-0.05, 0) is 71.6 Å². The van der Waals surface area contributed by atoms with Gasteiger partial charge < -0.3 is 13.6 Å². The Morgan fingerprint density at radius 1 is 0.933 bits per heavy atom. The van der Waals surface area contributed by atoms with E-state index in [-0.39, 0.29) is 51.9 Å². The van der Waals surface area contributed by atoms with Gasteiger partial charge in [-0.25, -0.2) is 4.79 Å². The molecule has 246 valence electrons. The molecule has 0 aromatic heterocycles. The third kappa shape index (κ3) is 7.05. The normalized spacial score (nSPS) is 26.3. The molecule has 45 heavy (non-hydrogen) atoms. The molecule has 1 aliphatic heterocycles. The molecule has 1 saturated carbocycles. The first-order valence-corrected chi connectivity index (χ1v) is 21.7. The van der Waals surface area contributed by atoms with Crippen LogP contribution in [0.2, 0.25) is 23.2 Å². The van der Waals surface area contributed by atoms with Crippen LogP contribution in [0, 0.1) is 23.7 Å². The largest absolute Gasteiger partial charge is 0.458 e. The van der Waals surface area contributed by atoms with Gasteiger partial charge in [0.2, 0.25) is 0 Å². The highest BCUT2D eigenvalue weighted by Crippen LogP contribution is 2.51. The van der Waals surface area contributed by atoms with E-state index in [9.17, 15) is 4.79 Å². The van der Waals surface area contributed by atoms with E-state index in [4.69, 9.17) is 13.6 Å². The maximum Gasteiger partial charge on any atom is 0.334 e. The van der Waals surface area contributed by atoms with E-state index in [0.29, 0.717) is 12.2 Å². The molecule has 1 heterocycles. The van der Waals surface area contributed by atoms with E-state index in [1.807, 2.05) is 0 Å². The van der Waals surface area contributed by atoms with Crippen LogP contribution in [0.1, 0.15) is 74.7 Å². The highest BCUT2D eigenvalue weighted by Gasteiger charge is 2.54. The quantitative estimate of drug-likeness (QED) is 0.0806. The van der Waals surface area contributed by atoms with Gasteiger partial charge in [0.1, 0.15) is 6.10 Å². The van der Waals surface area contributed by atoms with E-state index in [1.54, 1.807) is 0 Å². The summed E-state index contributed by atoms with van der Waals surface area (Å²) in [6.07, 6.45) is 2.46. The summed E-state index contributed by atoms with van der Waals surface area (Å²) in [7, 11) is -4.60. The molecular formula is C39H58O4Si2. The predicted molar refractivity (Wildman–Crippen MR) is 193 cm³/mol. The molecule has 4 nitrogen and oxygen atoms in total. The lowest BCUT2D eigenvalue weighted by Gasteiger charge is -2.43. The van der Waals surface area contributed by atoms with Crippen LogP contribution in [0.25, 0.3) is 0 Å². The summed E-state index contributed by atoms with van der Waals surface area (Å²) in [6, 6.07) is 21.5. The van der Waals surface area contributed by atoms with Crippen molar-refractivity contribution in [1.82, 2.24) is 0 Å². The predicted octanol–water partition coefficient (Wildman–Crippen LogP) is 8.68. The molecule has 6 heteroatoms. The Bertz CT molecular complexity index is 1300. The van der Waals surface area contributed by atoms with Crippen molar-refractivity contribution in [2.45, 2.75) is 110 Å². The lowest BCUT2D eigenvalue weighted by molar-refractivity contribution is -0.142. The number of carbonyl (C=O) groups is 1. The number of esters is 1. The number of hydrogen-bond donors (Lipinski definition) is 0. The van der Waals surface area contributed by atoms with Crippen molar-refractivity contribution in [2.75, 3.05) is 6.61 Å². The fraction of sp³-hybridized carbons (Fsp3) is 0.564. The molecule has 6 atom stereocenters. The molecule has 2 fully saturated rings. The van der Waals surface area contributed by atoms with Crippen LogP contribution in [0.3, 0.4) is 0 Å². The topological polar surface area (TPSA) is 44.8 Å². The Labute approximate surface area is 275 Å². The van der Waals surface area contributed by atoms with Crippen molar-refractivity contribution in [2.24, 2.45) is 23.7 Å². The summed E-state index contributed by atoms with van der Waals surface area (Å²) in [4.78, 5) is 13.1. The summed E-state index contributed by atoms with van der Waals surface area (Å²) in [5, 5.41) is 2.61. The van der Waals surface area contributed by atoms with Crippen LogP contribution in [-0.4, -0.2) is 41.4 Å². The summed E-state index contributed by atoms with van der Waals surface area (Å²) in [5.41, 5.74) is 1.75. The van der Waals surface area contributed by atoms with Gasteiger partial charge in [-0.1, -0.05) is 128 Å². The highest BCUT2D eigenvalue weighted by atomic mass is 28.4. The van der Waals surface area contributed by atoms with E-state index in [0.717, 1.165) is 24.8 Å². The molecule has 0 bridgehead atoms. The minimum atomic E-state index is -2.63. The molecule has 0 unspecified atom stereocenters. The van der Waals surface area contributed by atoms with Gasteiger partial charge >= 0.3 is 5.97 Å². The van der Waals surface area contributed by atoms with Crippen molar-refractivity contribution in [3.8, 4) is 0 Å². The second-order valence-corrected chi connectivity index (χ2v) is 25.3. The minimum absolute atomic E-state index is 0.0406. The van der Waals surface area contributed by atoms with Crippen molar-refractivity contribution < 1.29 is 18.4 Å². The maximum atomic E-state index is 13.1. The number of cyclic esters (lactones) is 1. The fourth-order valence-corrected chi connectivity index (χ4v) is 13.6. The number of carbonyl (C=O) groups excluding carboxylic acids is 1. The van der Waals surface area contributed by atoms with E-state index in [1.165, 1.54) is 10.4 Å². The Morgan fingerprint density at radius 3 is 1.93 bits per heavy atom. The maximum absolute atomic E-state index is 13.1. The van der Waals surface area contributed by atoms with E-state index in [2.05, 4.69) is 142 Å². The molecule has 1 aliphatic carbocycles. The summed E-state index contributed by atoms with van der Waals surface area (Å²) in [5.74, 6) is 0.360. The third-order valence-corrected chi connectivity index (χ3v) is 20.7. The number of benzene rings is 2. The van der Waals surface area contributed by atoms with E-state index < -0.39 is 16.6 Å². The molecule has 0 radical (unpaired) electrons. The third-order valence-electron chi connectivity index (χ3n) is 11.2. The number of ether oxygens (including phenoxy) is 1. The van der Waals surface area contributed by atoms with E-state index >= 15 is 0 Å². The number of hydrogen-bond acceptors (Lipinski definition) is 4. The van der Waals surface area contributed by atoms with Crippen LogP contribution in [0.15, 0.2) is 85.0 Å². The van der Waals surface area contributed by atoms with Crippen molar-refractivity contribution >= 4 is 33.0 Å². The average molecular weight is 647 g/mol. The van der Waals surface area contributed by atoms with Crippen LogP contribution in [0.4, 0.5) is 0 Å². The zero-order valence-corrected chi connectivity index (χ0v) is 31.6. The van der Waals surface area contributed by atoms with Gasteiger partial charge in [0.15, 0.2) is 8.32 Å². The monoisotopic (exact) mass is 646 g/mol. The van der Waals surface area contributed by atoms with Crippen molar-refractivity contribution in [3.05, 3.63) is 85.0 Å². The molecule has 1 saturated heterocycles. The molecule has 0 amide bonds. The zero-order valence-electron chi connectivity index (χ0n) is 29.6. The molecule has 2 aromatic rings. The smallest absolute Gasteiger partial charge is 0.334 e. The first kappa shape index (κ1) is 35.6. The lowest BCUT2D eigenvalue weighted by atomic mass is 9.75. The van der Waals surface area contributed by atoms with Crippen LogP contribution < -0.4 is 10.4 Å². The molecule has 4 rings (SSSR count). The molecular weight excluding hydrogens is 589 g/mol. The van der Waals surface area contributed by atoms with Crippen LogP contribution >= 0.6 is 0 Å². The SMILES string of the molecule is C=C1C(=O)O[C@H]([C@H]2[C@H](C)[C@H](O[Si](C)(C)C(C)(C)C)C[C@H]2C(=C)C)[C@H]1CCCO[Si](c1ccccc1)(c1ccccc1)C(C)(C)C.